The van der Waals surface area contributed by atoms with Gasteiger partial charge in [-0.1, -0.05) is 37.1 Å². The van der Waals surface area contributed by atoms with Gasteiger partial charge in [0.05, 0.1) is 5.52 Å². The van der Waals surface area contributed by atoms with Crippen LogP contribution >= 0.6 is 0 Å². The van der Waals surface area contributed by atoms with Crippen LogP contribution < -0.4 is 0 Å². The number of aromatic nitrogens is 1. The molecule has 0 saturated heterocycles. The standard InChI is InChI=1S/C15H17N/c1-11-5-4-8-13-9-10-14(16-15(11)13)12-6-2-3-7-12/h4-5,8-10,12H,2-3,6-7H2,1H3. The normalized spacial score (nSPS) is 17.1. The summed E-state index contributed by atoms with van der Waals surface area (Å²) in [4.78, 5) is 4.86. The van der Waals surface area contributed by atoms with Crippen LogP contribution in [0.3, 0.4) is 0 Å². The summed E-state index contributed by atoms with van der Waals surface area (Å²) < 4.78 is 0. The summed E-state index contributed by atoms with van der Waals surface area (Å²) >= 11 is 0. The van der Waals surface area contributed by atoms with Crippen molar-refractivity contribution in [2.45, 2.75) is 38.5 Å². The molecule has 0 aliphatic heterocycles. The maximum absolute atomic E-state index is 4.86. The Morgan fingerprint density at radius 1 is 1.06 bits per heavy atom. The fourth-order valence-electron chi connectivity index (χ4n) is 2.76. The second-order valence-corrected chi connectivity index (χ2v) is 4.86. The minimum absolute atomic E-state index is 0.712. The first-order chi connectivity index (χ1) is 7.84. The van der Waals surface area contributed by atoms with Crippen molar-refractivity contribution in [1.29, 1.82) is 0 Å². The molecule has 1 aromatic carbocycles. The molecular weight excluding hydrogens is 194 g/mol. The number of rotatable bonds is 1. The zero-order chi connectivity index (χ0) is 11.0. The number of fused-ring (bicyclic) bond motifs is 1. The summed E-state index contributed by atoms with van der Waals surface area (Å²) in [6.07, 6.45) is 5.39. The molecule has 0 spiro atoms. The highest BCUT2D eigenvalue weighted by Gasteiger charge is 2.18. The third-order valence-corrected chi connectivity index (χ3v) is 3.72. The second-order valence-electron chi connectivity index (χ2n) is 4.86. The van der Waals surface area contributed by atoms with Gasteiger partial charge in [-0.05, 0) is 31.4 Å². The molecule has 0 N–H and O–H groups in total. The van der Waals surface area contributed by atoms with Gasteiger partial charge >= 0.3 is 0 Å². The zero-order valence-corrected chi connectivity index (χ0v) is 9.74. The van der Waals surface area contributed by atoms with Crippen LogP contribution in [-0.2, 0) is 0 Å². The lowest BCUT2D eigenvalue weighted by atomic mass is 10.0. The molecule has 0 amide bonds. The lowest BCUT2D eigenvalue weighted by Crippen LogP contribution is -1.97. The second kappa shape index (κ2) is 3.89. The van der Waals surface area contributed by atoms with Crippen LogP contribution in [0.4, 0.5) is 0 Å². The molecule has 2 aromatic rings. The first kappa shape index (κ1) is 9.83. The van der Waals surface area contributed by atoms with Crippen molar-refractivity contribution in [3.8, 4) is 0 Å². The van der Waals surface area contributed by atoms with Gasteiger partial charge in [-0.25, -0.2) is 0 Å². The lowest BCUT2D eigenvalue weighted by Gasteiger charge is -2.10. The predicted octanol–water partition coefficient (Wildman–Crippen LogP) is 4.20. The molecule has 0 bridgehead atoms. The Kier molecular flexibility index (Phi) is 2.39. The SMILES string of the molecule is Cc1cccc2ccc(C3CCCC3)nc12. The van der Waals surface area contributed by atoms with Gasteiger partial charge in [0.2, 0.25) is 0 Å². The molecule has 1 nitrogen and oxygen atoms in total. The summed E-state index contributed by atoms with van der Waals surface area (Å²) in [6, 6.07) is 10.8. The van der Waals surface area contributed by atoms with Crippen molar-refractivity contribution >= 4 is 10.9 Å². The van der Waals surface area contributed by atoms with E-state index in [-0.39, 0.29) is 0 Å². The van der Waals surface area contributed by atoms with Crippen molar-refractivity contribution in [3.63, 3.8) is 0 Å². The molecule has 1 heteroatoms. The Morgan fingerprint density at radius 2 is 1.88 bits per heavy atom. The highest BCUT2D eigenvalue weighted by Crippen LogP contribution is 2.33. The minimum Gasteiger partial charge on any atom is -0.252 e. The van der Waals surface area contributed by atoms with Crippen LogP contribution in [0.25, 0.3) is 10.9 Å². The van der Waals surface area contributed by atoms with Gasteiger partial charge in [0, 0.05) is 17.0 Å². The minimum atomic E-state index is 0.712. The third-order valence-electron chi connectivity index (χ3n) is 3.72. The van der Waals surface area contributed by atoms with Gasteiger partial charge in [-0.3, -0.25) is 4.98 Å². The van der Waals surface area contributed by atoms with Crippen molar-refractivity contribution < 1.29 is 0 Å². The Labute approximate surface area is 96.5 Å². The van der Waals surface area contributed by atoms with Crippen molar-refractivity contribution in [2.75, 3.05) is 0 Å². The van der Waals surface area contributed by atoms with E-state index in [1.54, 1.807) is 0 Å². The molecule has 1 fully saturated rings. The largest absolute Gasteiger partial charge is 0.252 e. The molecule has 0 radical (unpaired) electrons. The van der Waals surface area contributed by atoms with E-state index in [0.29, 0.717) is 5.92 Å². The first-order valence-electron chi connectivity index (χ1n) is 6.21. The number of benzene rings is 1. The van der Waals surface area contributed by atoms with Crippen LogP contribution in [0.5, 0.6) is 0 Å². The van der Waals surface area contributed by atoms with Crippen LogP contribution in [0.2, 0.25) is 0 Å². The third kappa shape index (κ3) is 1.60. The Balaban J connectivity index is 2.10. The van der Waals surface area contributed by atoms with Crippen LogP contribution in [0.15, 0.2) is 30.3 Å². The van der Waals surface area contributed by atoms with E-state index in [0.717, 1.165) is 0 Å². The average molecular weight is 211 g/mol. The summed E-state index contributed by atoms with van der Waals surface area (Å²) in [5.74, 6) is 0.712. The Hall–Kier alpha value is -1.37. The van der Waals surface area contributed by atoms with Gasteiger partial charge < -0.3 is 0 Å². The molecular formula is C15H17N. The van der Waals surface area contributed by atoms with E-state index in [9.17, 15) is 0 Å². The topological polar surface area (TPSA) is 12.9 Å². The van der Waals surface area contributed by atoms with Crippen LogP contribution in [-0.4, -0.2) is 4.98 Å². The molecule has 0 atom stereocenters. The van der Waals surface area contributed by atoms with Gasteiger partial charge in [-0.2, -0.15) is 0 Å². The molecule has 1 aliphatic carbocycles. The maximum Gasteiger partial charge on any atom is 0.0734 e. The predicted molar refractivity (Wildman–Crippen MR) is 67.7 cm³/mol. The van der Waals surface area contributed by atoms with E-state index >= 15 is 0 Å². The molecule has 1 aliphatic rings. The fraction of sp³-hybridized carbons (Fsp3) is 0.400. The summed E-state index contributed by atoms with van der Waals surface area (Å²) in [5, 5.41) is 1.27. The Bertz CT molecular complexity index is 510. The van der Waals surface area contributed by atoms with E-state index < -0.39 is 0 Å². The molecule has 16 heavy (non-hydrogen) atoms. The summed E-state index contributed by atoms with van der Waals surface area (Å²) in [6.45, 7) is 2.15. The summed E-state index contributed by atoms with van der Waals surface area (Å²) in [7, 11) is 0. The molecule has 0 unspecified atom stereocenters. The lowest BCUT2D eigenvalue weighted by molar-refractivity contribution is 0.701. The number of nitrogens with zero attached hydrogens (tertiary/aromatic N) is 1. The molecule has 1 aromatic heterocycles. The highest BCUT2D eigenvalue weighted by atomic mass is 14.7. The van der Waals surface area contributed by atoms with Crippen LogP contribution in [0.1, 0.15) is 42.9 Å². The molecule has 82 valence electrons. The number of para-hydroxylation sites is 1. The van der Waals surface area contributed by atoms with E-state index in [4.69, 9.17) is 4.98 Å². The Morgan fingerprint density at radius 3 is 2.69 bits per heavy atom. The molecule has 1 heterocycles. The van der Waals surface area contributed by atoms with E-state index in [1.165, 1.54) is 47.8 Å². The van der Waals surface area contributed by atoms with Crippen LogP contribution in [0, 0.1) is 6.92 Å². The number of hydrogen-bond donors (Lipinski definition) is 0. The molecule has 3 rings (SSSR count). The van der Waals surface area contributed by atoms with Crippen molar-refractivity contribution in [2.24, 2.45) is 0 Å². The quantitative estimate of drug-likeness (QED) is 0.689. The van der Waals surface area contributed by atoms with E-state index in [1.807, 2.05) is 0 Å². The number of hydrogen-bond acceptors (Lipinski definition) is 1. The first-order valence-corrected chi connectivity index (χ1v) is 6.21. The molecule has 1 saturated carbocycles. The fourth-order valence-corrected chi connectivity index (χ4v) is 2.76. The smallest absolute Gasteiger partial charge is 0.0734 e. The van der Waals surface area contributed by atoms with Crippen molar-refractivity contribution in [1.82, 2.24) is 4.98 Å². The summed E-state index contributed by atoms with van der Waals surface area (Å²) in [5.41, 5.74) is 3.78. The zero-order valence-electron chi connectivity index (χ0n) is 9.74. The highest BCUT2D eigenvalue weighted by molar-refractivity contribution is 5.81. The van der Waals surface area contributed by atoms with Crippen molar-refractivity contribution in [3.05, 3.63) is 41.6 Å². The maximum atomic E-state index is 4.86. The monoisotopic (exact) mass is 211 g/mol. The van der Waals surface area contributed by atoms with E-state index in [2.05, 4.69) is 37.3 Å². The number of pyridine rings is 1. The van der Waals surface area contributed by atoms with Gasteiger partial charge in [0.15, 0.2) is 0 Å². The average Bonchev–Trinajstić information content (AvgIpc) is 2.83. The van der Waals surface area contributed by atoms with Gasteiger partial charge in [0.1, 0.15) is 0 Å². The van der Waals surface area contributed by atoms with Gasteiger partial charge in [-0.15, -0.1) is 0 Å². The van der Waals surface area contributed by atoms with Gasteiger partial charge in [0.25, 0.3) is 0 Å². The number of aryl methyl sites for hydroxylation is 1.